The van der Waals surface area contributed by atoms with Crippen molar-refractivity contribution in [3.63, 3.8) is 0 Å². The molecule has 1 aliphatic heterocycles. The summed E-state index contributed by atoms with van der Waals surface area (Å²) in [6.45, 7) is 0.905. The molecule has 0 bridgehead atoms. The number of rotatable bonds is 5. The monoisotopic (exact) mass is 512 g/mol. The molecule has 1 N–H and O–H groups in total. The van der Waals surface area contributed by atoms with Gasteiger partial charge in [0.2, 0.25) is 0 Å². The molecule has 7 heteroatoms. The van der Waals surface area contributed by atoms with Crippen molar-refractivity contribution in [3.05, 3.63) is 95.1 Å². The second-order valence-corrected chi connectivity index (χ2v) is 9.77. The van der Waals surface area contributed by atoms with Crippen LogP contribution >= 0.6 is 23.8 Å². The molecule has 180 valence electrons. The minimum atomic E-state index is 0.622. The number of aromatic nitrogens is 3. The number of thiocarbonyl (C=S) groups is 1. The van der Waals surface area contributed by atoms with Crippen LogP contribution in [0.5, 0.6) is 5.75 Å². The Morgan fingerprint density at radius 1 is 0.972 bits per heavy atom. The van der Waals surface area contributed by atoms with Crippen LogP contribution in [0.15, 0.2) is 78.9 Å². The van der Waals surface area contributed by atoms with E-state index in [1.807, 2.05) is 59.1 Å². The van der Waals surface area contributed by atoms with Crippen molar-refractivity contribution >= 4 is 40.1 Å². The van der Waals surface area contributed by atoms with Crippen molar-refractivity contribution < 1.29 is 4.74 Å². The van der Waals surface area contributed by atoms with Gasteiger partial charge in [0, 0.05) is 40.0 Å². The van der Waals surface area contributed by atoms with E-state index in [1.165, 1.54) is 5.56 Å². The summed E-state index contributed by atoms with van der Waals surface area (Å²) in [4.78, 5) is 0.622. The number of nitrogens with zero attached hydrogens (tertiary/aromatic N) is 3. The van der Waals surface area contributed by atoms with Crippen LogP contribution in [0.25, 0.3) is 28.2 Å². The van der Waals surface area contributed by atoms with Crippen molar-refractivity contribution in [2.75, 3.05) is 12.4 Å². The van der Waals surface area contributed by atoms with E-state index in [4.69, 9.17) is 33.7 Å². The number of benzene rings is 3. The highest BCUT2D eigenvalue weighted by Crippen LogP contribution is 2.38. The third kappa shape index (κ3) is 3.96. The molecule has 0 aliphatic carbocycles. The van der Waals surface area contributed by atoms with Crippen molar-refractivity contribution in [1.29, 1.82) is 0 Å². The lowest BCUT2D eigenvalue weighted by Gasteiger charge is -2.12. The number of hydrogen-bond donors (Lipinski definition) is 1. The van der Waals surface area contributed by atoms with Crippen LogP contribution in [0, 0.1) is 0 Å². The third-order valence-electron chi connectivity index (χ3n) is 6.69. The van der Waals surface area contributed by atoms with Gasteiger partial charge in [-0.3, -0.25) is 0 Å². The smallest absolute Gasteiger partial charge is 0.162 e. The molecular weight excluding hydrogens is 488 g/mol. The zero-order valence-electron chi connectivity index (χ0n) is 19.9. The van der Waals surface area contributed by atoms with E-state index in [2.05, 4.69) is 34.1 Å². The van der Waals surface area contributed by atoms with Gasteiger partial charge in [-0.15, -0.1) is 5.10 Å². The first-order valence-corrected chi connectivity index (χ1v) is 12.8. The fraction of sp³-hybridized carbons (Fsp3) is 0.172. The molecule has 3 heterocycles. The molecule has 0 unspecified atom stereocenters. The van der Waals surface area contributed by atoms with Gasteiger partial charge in [-0.1, -0.05) is 60.2 Å². The molecule has 3 aromatic carbocycles. The van der Waals surface area contributed by atoms with Gasteiger partial charge in [0.15, 0.2) is 5.82 Å². The molecule has 5 aromatic rings. The standard InChI is InChI=1S/C29H25ClN4OS/c1-35-23-11-7-10-22(18-23)31-28(36)26-25(19-8-3-2-4-9-19)24-12-5-6-17-33-27(32-34(26)29(24)33)20-13-15-21(30)16-14-20/h2-4,7-11,13-16,18H,5-6,12,17H2,1H3,(H,31,36). The molecule has 5 nitrogen and oxygen atoms in total. The minimum Gasteiger partial charge on any atom is -0.497 e. The van der Waals surface area contributed by atoms with Crippen LogP contribution in [-0.4, -0.2) is 26.3 Å². The van der Waals surface area contributed by atoms with Crippen LogP contribution in [0.2, 0.25) is 5.02 Å². The highest BCUT2D eigenvalue weighted by molar-refractivity contribution is 7.81. The number of aryl methyl sites for hydroxylation is 2. The number of nitrogens with one attached hydrogen (secondary N) is 1. The first-order chi connectivity index (χ1) is 17.6. The largest absolute Gasteiger partial charge is 0.497 e. The average molecular weight is 513 g/mol. The quantitative estimate of drug-likeness (QED) is 0.252. The maximum atomic E-state index is 6.18. The number of methoxy groups -OCH3 is 1. The van der Waals surface area contributed by atoms with Gasteiger partial charge in [0.1, 0.15) is 22.1 Å². The van der Waals surface area contributed by atoms with Crippen molar-refractivity contribution in [1.82, 2.24) is 14.2 Å². The molecule has 0 fully saturated rings. The predicted octanol–water partition coefficient (Wildman–Crippen LogP) is 7.26. The molecular formula is C29H25ClN4OS. The fourth-order valence-corrected chi connectivity index (χ4v) is 5.50. The van der Waals surface area contributed by atoms with Crippen LogP contribution < -0.4 is 10.1 Å². The Kier molecular flexibility index (Phi) is 5.99. The Hall–Kier alpha value is -3.61. The Morgan fingerprint density at radius 2 is 1.78 bits per heavy atom. The molecule has 0 amide bonds. The zero-order valence-corrected chi connectivity index (χ0v) is 21.4. The van der Waals surface area contributed by atoms with Gasteiger partial charge in [-0.05, 0) is 61.2 Å². The minimum absolute atomic E-state index is 0.622. The lowest BCUT2D eigenvalue weighted by molar-refractivity contribution is 0.415. The molecule has 6 rings (SSSR count). The van der Waals surface area contributed by atoms with E-state index < -0.39 is 0 Å². The second-order valence-electron chi connectivity index (χ2n) is 8.93. The highest BCUT2D eigenvalue weighted by Gasteiger charge is 2.29. The average Bonchev–Trinajstić information content (AvgIpc) is 3.32. The molecule has 0 saturated carbocycles. The van der Waals surface area contributed by atoms with E-state index >= 15 is 0 Å². The van der Waals surface area contributed by atoms with E-state index in [0.29, 0.717) is 10.0 Å². The van der Waals surface area contributed by atoms with Crippen molar-refractivity contribution in [2.45, 2.75) is 25.8 Å². The first-order valence-electron chi connectivity index (χ1n) is 12.0. The summed E-state index contributed by atoms with van der Waals surface area (Å²) in [6.07, 6.45) is 3.18. The number of hydrogen-bond acceptors (Lipinski definition) is 3. The lowest BCUT2D eigenvalue weighted by Crippen LogP contribution is -2.15. The Balaban J connectivity index is 1.58. The molecule has 36 heavy (non-hydrogen) atoms. The summed E-state index contributed by atoms with van der Waals surface area (Å²) in [7, 11) is 1.66. The van der Waals surface area contributed by atoms with Gasteiger partial charge in [-0.25, -0.2) is 4.52 Å². The maximum absolute atomic E-state index is 6.18. The molecule has 2 aromatic heterocycles. The Bertz CT molecular complexity index is 1570. The summed E-state index contributed by atoms with van der Waals surface area (Å²) in [5.41, 5.74) is 7.51. The summed E-state index contributed by atoms with van der Waals surface area (Å²) < 4.78 is 9.80. The molecule has 1 aliphatic rings. The molecule has 0 spiro atoms. The Morgan fingerprint density at radius 3 is 2.56 bits per heavy atom. The Labute approximate surface area is 220 Å². The van der Waals surface area contributed by atoms with E-state index in [-0.39, 0.29) is 0 Å². The van der Waals surface area contributed by atoms with Gasteiger partial charge < -0.3 is 14.6 Å². The van der Waals surface area contributed by atoms with Crippen LogP contribution in [0.3, 0.4) is 0 Å². The summed E-state index contributed by atoms with van der Waals surface area (Å²) in [5.74, 6) is 1.70. The van der Waals surface area contributed by atoms with Crippen LogP contribution in [-0.2, 0) is 13.0 Å². The SMILES string of the molecule is COc1cccc(NC(=S)c2c(-c3ccccc3)c3c4n(c(-c5ccc(Cl)cc5)nn24)CCCC3)c1. The number of halogens is 1. The number of ether oxygens (including phenoxy) is 1. The molecule has 0 atom stereocenters. The maximum Gasteiger partial charge on any atom is 0.162 e. The normalized spacial score (nSPS) is 12.9. The lowest BCUT2D eigenvalue weighted by atomic mass is 9.98. The summed E-state index contributed by atoms with van der Waals surface area (Å²) >= 11 is 12.2. The zero-order chi connectivity index (χ0) is 24.6. The van der Waals surface area contributed by atoms with Crippen LogP contribution in [0.4, 0.5) is 5.69 Å². The van der Waals surface area contributed by atoms with E-state index in [0.717, 1.165) is 71.1 Å². The van der Waals surface area contributed by atoms with E-state index in [9.17, 15) is 0 Å². The van der Waals surface area contributed by atoms with Gasteiger partial charge in [-0.2, -0.15) is 0 Å². The predicted molar refractivity (Wildman–Crippen MR) is 150 cm³/mol. The van der Waals surface area contributed by atoms with Gasteiger partial charge in [0.05, 0.1) is 7.11 Å². The van der Waals surface area contributed by atoms with Gasteiger partial charge >= 0.3 is 0 Å². The third-order valence-corrected chi connectivity index (χ3v) is 7.24. The summed E-state index contributed by atoms with van der Waals surface area (Å²) in [5, 5.41) is 9.31. The fourth-order valence-electron chi connectivity index (χ4n) is 5.07. The molecule has 0 saturated heterocycles. The van der Waals surface area contributed by atoms with E-state index in [1.54, 1.807) is 7.11 Å². The topological polar surface area (TPSA) is 43.5 Å². The first kappa shape index (κ1) is 22.8. The highest BCUT2D eigenvalue weighted by atomic mass is 35.5. The van der Waals surface area contributed by atoms with Crippen LogP contribution in [0.1, 0.15) is 24.1 Å². The summed E-state index contributed by atoms with van der Waals surface area (Å²) in [6, 6.07) is 26.2. The van der Waals surface area contributed by atoms with Crippen molar-refractivity contribution in [3.8, 4) is 28.3 Å². The van der Waals surface area contributed by atoms with Crippen molar-refractivity contribution in [2.24, 2.45) is 0 Å². The molecule has 0 radical (unpaired) electrons. The second kappa shape index (κ2) is 9.45. The number of anilines is 1. The van der Waals surface area contributed by atoms with Gasteiger partial charge in [0.25, 0.3) is 0 Å².